The van der Waals surface area contributed by atoms with E-state index in [9.17, 15) is 0 Å². The Labute approximate surface area is 77.4 Å². The number of ether oxygens (including phenoxy) is 2. The Morgan fingerprint density at radius 1 is 1.00 bits per heavy atom. The summed E-state index contributed by atoms with van der Waals surface area (Å²) in [6.45, 7) is 5.25. The van der Waals surface area contributed by atoms with Crippen LogP contribution in [-0.2, 0) is 9.47 Å². The third kappa shape index (κ3) is 10.4. The second-order valence-corrected chi connectivity index (χ2v) is 3.06. The average Bonchev–Trinajstić information content (AvgIpc) is 2.03. The standard InChI is InChI=1S/C8H17BrO2/c1-2-3-5-10-7-8-11-6-4-9/h2-8H2,1H3. The van der Waals surface area contributed by atoms with Gasteiger partial charge in [-0.2, -0.15) is 0 Å². The van der Waals surface area contributed by atoms with Crippen LogP contribution in [0.25, 0.3) is 0 Å². The van der Waals surface area contributed by atoms with E-state index in [4.69, 9.17) is 9.47 Å². The molecule has 0 saturated heterocycles. The number of halogens is 1. The van der Waals surface area contributed by atoms with E-state index >= 15 is 0 Å². The van der Waals surface area contributed by atoms with E-state index in [0.717, 1.165) is 38.2 Å². The molecule has 0 amide bonds. The fourth-order valence-corrected chi connectivity index (χ4v) is 0.852. The molecule has 2 nitrogen and oxygen atoms in total. The van der Waals surface area contributed by atoms with Crippen molar-refractivity contribution in [2.75, 3.05) is 31.8 Å². The van der Waals surface area contributed by atoms with Crippen LogP contribution in [0, 0.1) is 0 Å². The van der Waals surface area contributed by atoms with Crippen molar-refractivity contribution in [2.24, 2.45) is 0 Å². The minimum Gasteiger partial charge on any atom is -0.379 e. The van der Waals surface area contributed by atoms with Crippen LogP contribution in [0.2, 0.25) is 0 Å². The summed E-state index contributed by atoms with van der Waals surface area (Å²) in [4.78, 5) is 0. The summed E-state index contributed by atoms with van der Waals surface area (Å²) in [6, 6.07) is 0. The normalized spacial score (nSPS) is 10.4. The Hall–Kier alpha value is 0.400. The van der Waals surface area contributed by atoms with Crippen molar-refractivity contribution in [3.8, 4) is 0 Å². The Morgan fingerprint density at radius 3 is 2.18 bits per heavy atom. The van der Waals surface area contributed by atoms with E-state index in [2.05, 4.69) is 22.9 Å². The largest absolute Gasteiger partial charge is 0.379 e. The zero-order valence-electron chi connectivity index (χ0n) is 7.14. The molecule has 0 fully saturated rings. The average molecular weight is 225 g/mol. The Kier molecular flexibility index (Phi) is 10.8. The highest BCUT2D eigenvalue weighted by Gasteiger charge is 1.87. The van der Waals surface area contributed by atoms with Gasteiger partial charge in [0.15, 0.2) is 0 Å². The van der Waals surface area contributed by atoms with Crippen LogP contribution in [0.5, 0.6) is 0 Å². The monoisotopic (exact) mass is 224 g/mol. The molecule has 0 aliphatic heterocycles. The molecule has 11 heavy (non-hydrogen) atoms. The summed E-state index contributed by atoms with van der Waals surface area (Å²) in [6.07, 6.45) is 2.35. The molecule has 68 valence electrons. The first-order valence-electron chi connectivity index (χ1n) is 4.13. The molecule has 0 heterocycles. The molecule has 3 heteroatoms. The fraction of sp³-hybridized carbons (Fsp3) is 1.00. The van der Waals surface area contributed by atoms with Gasteiger partial charge in [0, 0.05) is 11.9 Å². The molecule has 0 bridgehead atoms. The molecule has 0 aliphatic rings. The molecule has 0 radical (unpaired) electrons. The van der Waals surface area contributed by atoms with Gasteiger partial charge in [-0.3, -0.25) is 0 Å². The van der Waals surface area contributed by atoms with Gasteiger partial charge < -0.3 is 9.47 Å². The highest BCUT2D eigenvalue weighted by atomic mass is 79.9. The number of rotatable bonds is 8. The molecular weight excluding hydrogens is 208 g/mol. The van der Waals surface area contributed by atoms with Gasteiger partial charge in [-0.15, -0.1) is 0 Å². The van der Waals surface area contributed by atoms with Gasteiger partial charge in [-0.25, -0.2) is 0 Å². The van der Waals surface area contributed by atoms with Gasteiger partial charge in [0.25, 0.3) is 0 Å². The van der Waals surface area contributed by atoms with Crippen molar-refractivity contribution in [1.29, 1.82) is 0 Å². The lowest BCUT2D eigenvalue weighted by Gasteiger charge is -2.02. The van der Waals surface area contributed by atoms with Gasteiger partial charge in [0.05, 0.1) is 19.8 Å². The maximum absolute atomic E-state index is 5.28. The topological polar surface area (TPSA) is 18.5 Å². The third-order valence-corrected chi connectivity index (χ3v) is 1.56. The van der Waals surface area contributed by atoms with Crippen molar-refractivity contribution >= 4 is 15.9 Å². The quantitative estimate of drug-likeness (QED) is 0.465. The van der Waals surface area contributed by atoms with Crippen LogP contribution in [0.4, 0.5) is 0 Å². The van der Waals surface area contributed by atoms with Crippen molar-refractivity contribution in [1.82, 2.24) is 0 Å². The minimum atomic E-state index is 0.718. The summed E-state index contributed by atoms with van der Waals surface area (Å²) < 4.78 is 10.5. The summed E-state index contributed by atoms with van der Waals surface area (Å²) >= 11 is 3.28. The van der Waals surface area contributed by atoms with Gasteiger partial charge in [0.1, 0.15) is 0 Å². The van der Waals surface area contributed by atoms with Crippen molar-refractivity contribution in [2.45, 2.75) is 19.8 Å². The maximum Gasteiger partial charge on any atom is 0.0700 e. The molecule has 0 saturated carbocycles. The zero-order valence-corrected chi connectivity index (χ0v) is 8.73. The second kappa shape index (κ2) is 10.4. The first-order valence-corrected chi connectivity index (χ1v) is 5.25. The Morgan fingerprint density at radius 2 is 1.64 bits per heavy atom. The molecule has 0 unspecified atom stereocenters. The van der Waals surface area contributed by atoms with Crippen LogP contribution in [-0.4, -0.2) is 31.8 Å². The summed E-state index contributed by atoms with van der Waals surface area (Å²) in [7, 11) is 0. The molecule has 0 aromatic heterocycles. The van der Waals surface area contributed by atoms with Crippen LogP contribution in [0.3, 0.4) is 0 Å². The number of unbranched alkanes of at least 4 members (excludes halogenated alkanes) is 1. The van der Waals surface area contributed by atoms with Gasteiger partial charge >= 0.3 is 0 Å². The fourth-order valence-electron chi connectivity index (χ4n) is 0.623. The maximum atomic E-state index is 5.28. The highest BCUT2D eigenvalue weighted by Crippen LogP contribution is 1.88. The zero-order chi connectivity index (χ0) is 8.36. The molecule has 0 rings (SSSR count). The van der Waals surface area contributed by atoms with Crippen molar-refractivity contribution < 1.29 is 9.47 Å². The third-order valence-electron chi connectivity index (χ3n) is 1.24. The van der Waals surface area contributed by atoms with E-state index in [0.29, 0.717) is 0 Å². The van der Waals surface area contributed by atoms with E-state index in [-0.39, 0.29) is 0 Å². The predicted molar refractivity (Wildman–Crippen MR) is 50.3 cm³/mol. The van der Waals surface area contributed by atoms with Crippen LogP contribution < -0.4 is 0 Å². The van der Waals surface area contributed by atoms with Crippen LogP contribution in [0.1, 0.15) is 19.8 Å². The van der Waals surface area contributed by atoms with E-state index in [1.807, 2.05) is 0 Å². The second-order valence-electron chi connectivity index (χ2n) is 2.27. The SMILES string of the molecule is CCCCOCCOCCBr. The van der Waals surface area contributed by atoms with Crippen LogP contribution >= 0.6 is 15.9 Å². The first kappa shape index (κ1) is 11.4. The highest BCUT2D eigenvalue weighted by molar-refractivity contribution is 9.09. The van der Waals surface area contributed by atoms with E-state index < -0.39 is 0 Å². The molecule has 0 aromatic rings. The predicted octanol–water partition coefficient (Wildman–Crippen LogP) is 2.21. The molecular formula is C8H17BrO2. The molecule has 0 N–H and O–H groups in total. The summed E-state index contributed by atoms with van der Waals surface area (Å²) in [5.41, 5.74) is 0. The van der Waals surface area contributed by atoms with Crippen molar-refractivity contribution in [3.05, 3.63) is 0 Å². The lowest BCUT2D eigenvalue weighted by atomic mass is 10.4. The summed E-state index contributed by atoms with van der Waals surface area (Å²) in [5, 5.41) is 0.905. The Balaban J connectivity index is 2.69. The molecule has 0 atom stereocenters. The van der Waals surface area contributed by atoms with E-state index in [1.165, 1.54) is 6.42 Å². The minimum absolute atomic E-state index is 0.718. The molecule has 0 aromatic carbocycles. The number of hydrogen-bond donors (Lipinski definition) is 0. The smallest absolute Gasteiger partial charge is 0.0700 e. The number of hydrogen-bond acceptors (Lipinski definition) is 2. The van der Waals surface area contributed by atoms with Gasteiger partial charge in [-0.05, 0) is 6.42 Å². The first-order chi connectivity index (χ1) is 5.41. The lowest BCUT2D eigenvalue weighted by molar-refractivity contribution is 0.0529. The van der Waals surface area contributed by atoms with Crippen molar-refractivity contribution in [3.63, 3.8) is 0 Å². The lowest BCUT2D eigenvalue weighted by Crippen LogP contribution is -2.06. The number of alkyl halides is 1. The summed E-state index contributed by atoms with van der Waals surface area (Å²) in [5.74, 6) is 0. The van der Waals surface area contributed by atoms with Crippen LogP contribution in [0.15, 0.2) is 0 Å². The molecule has 0 spiro atoms. The molecule has 0 aliphatic carbocycles. The van der Waals surface area contributed by atoms with Gasteiger partial charge in [-0.1, -0.05) is 29.3 Å². The Bertz CT molecular complexity index is 61.1. The van der Waals surface area contributed by atoms with E-state index in [1.54, 1.807) is 0 Å². The van der Waals surface area contributed by atoms with Gasteiger partial charge in [0.2, 0.25) is 0 Å².